The molecule has 0 aromatic carbocycles. The van der Waals surface area contributed by atoms with Crippen molar-refractivity contribution in [3.05, 3.63) is 24.2 Å². The molecule has 1 saturated heterocycles. The Hall–Kier alpha value is -1.95. The van der Waals surface area contributed by atoms with E-state index in [1.54, 1.807) is 12.5 Å². The standard InChI is InChI=1S/C12H15N5O/c1-12(2)11(18)14-5-9(17-12)7-3-8-10(13-4-7)16-6-15-8/h3-4,6,9,17H,5H2,1-2H3,(H,14,18)(H,13,15,16). The molecule has 0 saturated carbocycles. The van der Waals surface area contributed by atoms with Crippen LogP contribution >= 0.6 is 0 Å². The molecular formula is C12H15N5O. The molecule has 0 spiro atoms. The number of aromatic amines is 1. The summed E-state index contributed by atoms with van der Waals surface area (Å²) in [7, 11) is 0. The van der Waals surface area contributed by atoms with Gasteiger partial charge >= 0.3 is 0 Å². The minimum atomic E-state index is -0.564. The average molecular weight is 245 g/mol. The van der Waals surface area contributed by atoms with Crippen molar-refractivity contribution in [3.63, 3.8) is 0 Å². The van der Waals surface area contributed by atoms with Crippen molar-refractivity contribution in [1.29, 1.82) is 0 Å². The van der Waals surface area contributed by atoms with Gasteiger partial charge in [0, 0.05) is 12.7 Å². The fourth-order valence-corrected chi connectivity index (χ4v) is 2.21. The topological polar surface area (TPSA) is 82.7 Å². The molecule has 1 aliphatic heterocycles. The second-order valence-electron chi connectivity index (χ2n) is 5.07. The van der Waals surface area contributed by atoms with E-state index in [2.05, 4.69) is 25.6 Å². The smallest absolute Gasteiger partial charge is 0.239 e. The molecule has 3 N–H and O–H groups in total. The van der Waals surface area contributed by atoms with Crippen LogP contribution in [0, 0.1) is 0 Å². The normalized spacial score (nSPS) is 23.0. The van der Waals surface area contributed by atoms with Gasteiger partial charge in [-0.25, -0.2) is 9.97 Å². The first kappa shape index (κ1) is 11.2. The number of carbonyl (C=O) groups is 1. The van der Waals surface area contributed by atoms with Gasteiger partial charge in [0.25, 0.3) is 0 Å². The number of H-pyrrole nitrogens is 1. The zero-order valence-corrected chi connectivity index (χ0v) is 10.3. The zero-order chi connectivity index (χ0) is 12.8. The number of piperazine rings is 1. The fraction of sp³-hybridized carbons (Fsp3) is 0.417. The number of amides is 1. The van der Waals surface area contributed by atoms with Crippen LogP contribution in [0.5, 0.6) is 0 Å². The van der Waals surface area contributed by atoms with Crippen LogP contribution in [-0.4, -0.2) is 32.9 Å². The lowest BCUT2D eigenvalue weighted by Gasteiger charge is -2.36. The lowest BCUT2D eigenvalue weighted by atomic mass is 9.96. The van der Waals surface area contributed by atoms with Crippen molar-refractivity contribution in [3.8, 4) is 0 Å². The average Bonchev–Trinajstić information content (AvgIpc) is 2.79. The highest BCUT2D eigenvalue weighted by Gasteiger charge is 2.35. The summed E-state index contributed by atoms with van der Waals surface area (Å²) in [6.07, 6.45) is 3.43. The summed E-state index contributed by atoms with van der Waals surface area (Å²) in [5.74, 6) is 0.0225. The fourth-order valence-electron chi connectivity index (χ4n) is 2.21. The van der Waals surface area contributed by atoms with Gasteiger partial charge in [-0.3, -0.25) is 10.1 Å². The van der Waals surface area contributed by atoms with Crippen LogP contribution in [0.15, 0.2) is 18.6 Å². The van der Waals surface area contributed by atoms with Crippen molar-refractivity contribution in [2.75, 3.05) is 6.54 Å². The van der Waals surface area contributed by atoms with E-state index in [-0.39, 0.29) is 11.9 Å². The summed E-state index contributed by atoms with van der Waals surface area (Å²) < 4.78 is 0. The largest absolute Gasteiger partial charge is 0.353 e. The number of hydrogen-bond acceptors (Lipinski definition) is 4. The van der Waals surface area contributed by atoms with Crippen LogP contribution in [-0.2, 0) is 4.79 Å². The molecule has 0 aliphatic carbocycles. The Bertz CT molecular complexity index is 603. The number of aromatic nitrogens is 3. The van der Waals surface area contributed by atoms with Crippen molar-refractivity contribution in [2.45, 2.75) is 25.4 Å². The molecule has 18 heavy (non-hydrogen) atoms. The molecule has 1 fully saturated rings. The van der Waals surface area contributed by atoms with Gasteiger partial charge in [0.2, 0.25) is 5.91 Å². The van der Waals surface area contributed by atoms with E-state index in [1.807, 2.05) is 19.9 Å². The second kappa shape index (κ2) is 3.78. The highest BCUT2D eigenvalue weighted by atomic mass is 16.2. The van der Waals surface area contributed by atoms with Gasteiger partial charge in [-0.05, 0) is 25.5 Å². The molecule has 1 amide bonds. The summed E-state index contributed by atoms with van der Waals surface area (Å²) >= 11 is 0. The van der Waals surface area contributed by atoms with Gasteiger partial charge in [-0.15, -0.1) is 0 Å². The van der Waals surface area contributed by atoms with Crippen molar-refractivity contribution in [2.24, 2.45) is 0 Å². The molecule has 1 atom stereocenters. The molecule has 0 bridgehead atoms. The Morgan fingerprint density at radius 3 is 3.00 bits per heavy atom. The molecule has 1 aliphatic rings. The maximum atomic E-state index is 11.7. The summed E-state index contributed by atoms with van der Waals surface area (Å²) in [4.78, 5) is 23.1. The molecule has 3 heterocycles. The van der Waals surface area contributed by atoms with E-state index in [0.29, 0.717) is 12.2 Å². The molecule has 94 valence electrons. The number of rotatable bonds is 1. The molecule has 0 radical (unpaired) electrons. The van der Waals surface area contributed by atoms with E-state index in [4.69, 9.17) is 0 Å². The first-order chi connectivity index (χ1) is 8.56. The first-order valence-electron chi connectivity index (χ1n) is 5.91. The predicted octanol–water partition coefficient (Wildman–Crippen LogP) is 0.497. The molecule has 2 aromatic rings. The Balaban J connectivity index is 1.92. The number of carbonyl (C=O) groups excluding carboxylic acids is 1. The van der Waals surface area contributed by atoms with Crippen LogP contribution in [0.4, 0.5) is 0 Å². The van der Waals surface area contributed by atoms with Crippen molar-refractivity contribution < 1.29 is 4.79 Å². The molecule has 2 aromatic heterocycles. The predicted molar refractivity (Wildman–Crippen MR) is 66.9 cm³/mol. The van der Waals surface area contributed by atoms with E-state index < -0.39 is 5.54 Å². The number of imidazole rings is 1. The van der Waals surface area contributed by atoms with E-state index in [0.717, 1.165) is 11.1 Å². The SMILES string of the molecule is CC1(C)NC(c2cnc3nc[nH]c3c2)CNC1=O. The van der Waals surface area contributed by atoms with Gasteiger partial charge in [0.1, 0.15) is 0 Å². The maximum absolute atomic E-state index is 11.7. The lowest BCUT2D eigenvalue weighted by molar-refractivity contribution is -0.128. The van der Waals surface area contributed by atoms with Gasteiger partial charge in [0.15, 0.2) is 5.65 Å². The van der Waals surface area contributed by atoms with Crippen molar-refractivity contribution in [1.82, 2.24) is 25.6 Å². The summed E-state index contributed by atoms with van der Waals surface area (Å²) in [6.45, 7) is 4.32. The third-order valence-electron chi connectivity index (χ3n) is 3.27. The molecule has 6 heteroatoms. The monoisotopic (exact) mass is 245 g/mol. The Morgan fingerprint density at radius 2 is 2.22 bits per heavy atom. The second-order valence-corrected chi connectivity index (χ2v) is 5.07. The Kier molecular flexibility index (Phi) is 2.34. The Morgan fingerprint density at radius 1 is 1.39 bits per heavy atom. The number of nitrogens with one attached hydrogen (secondary N) is 3. The molecule has 1 unspecified atom stereocenters. The third-order valence-corrected chi connectivity index (χ3v) is 3.27. The van der Waals surface area contributed by atoms with Crippen LogP contribution in [0.3, 0.4) is 0 Å². The number of nitrogens with zero attached hydrogens (tertiary/aromatic N) is 2. The van der Waals surface area contributed by atoms with Gasteiger partial charge in [-0.1, -0.05) is 0 Å². The Labute approximate surface area is 104 Å². The quantitative estimate of drug-likeness (QED) is 0.683. The molecule has 3 rings (SSSR count). The lowest BCUT2D eigenvalue weighted by Crippen LogP contribution is -2.60. The minimum Gasteiger partial charge on any atom is -0.353 e. The number of hydrogen-bond donors (Lipinski definition) is 3. The molecular weight excluding hydrogens is 230 g/mol. The third kappa shape index (κ3) is 1.74. The zero-order valence-electron chi connectivity index (χ0n) is 10.3. The maximum Gasteiger partial charge on any atom is 0.239 e. The summed E-state index contributed by atoms with van der Waals surface area (Å²) in [6, 6.07) is 2.08. The van der Waals surface area contributed by atoms with Crippen molar-refractivity contribution >= 4 is 17.1 Å². The highest BCUT2D eigenvalue weighted by Crippen LogP contribution is 2.21. The van der Waals surface area contributed by atoms with Gasteiger partial charge < -0.3 is 10.3 Å². The van der Waals surface area contributed by atoms with Crippen LogP contribution < -0.4 is 10.6 Å². The molecule has 6 nitrogen and oxygen atoms in total. The van der Waals surface area contributed by atoms with E-state index in [1.165, 1.54) is 0 Å². The van der Waals surface area contributed by atoms with Crippen LogP contribution in [0.25, 0.3) is 11.2 Å². The number of pyridine rings is 1. The first-order valence-corrected chi connectivity index (χ1v) is 5.91. The summed E-state index contributed by atoms with van der Waals surface area (Å²) in [5, 5.41) is 6.24. The minimum absolute atomic E-state index is 0.0225. The highest BCUT2D eigenvalue weighted by molar-refractivity contribution is 5.86. The van der Waals surface area contributed by atoms with Gasteiger partial charge in [0.05, 0.1) is 23.4 Å². The number of fused-ring (bicyclic) bond motifs is 1. The van der Waals surface area contributed by atoms with Crippen LogP contribution in [0.1, 0.15) is 25.5 Å². The van der Waals surface area contributed by atoms with Crippen LogP contribution in [0.2, 0.25) is 0 Å². The van der Waals surface area contributed by atoms with E-state index >= 15 is 0 Å². The summed E-state index contributed by atoms with van der Waals surface area (Å²) in [5.41, 5.74) is 2.09. The van der Waals surface area contributed by atoms with E-state index in [9.17, 15) is 4.79 Å². The van der Waals surface area contributed by atoms with Gasteiger partial charge in [-0.2, -0.15) is 0 Å².